The monoisotopic (exact) mass is 183 g/mol. The van der Waals surface area contributed by atoms with Crippen molar-refractivity contribution in [2.75, 3.05) is 0 Å². The fourth-order valence-corrected chi connectivity index (χ4v) is 0.228. The summed E-state index contributed by atoms with van der Waals surface area (Å²) < 4.78 is 34.2. The Balaban J connectivity index is 4.02. The quantitative estimate of drug-likeness (QED) is 0.457. The predicted molar refractivity (Wildman–Crippen MR) is 32.3 cm³/mol. The van der Waals surface area contributed by atoms with Crippen molar-refractivity contribution in [2.45, 2.75) is 6.18 Å². The molecule has 0 heterocycles. The van der Waals surface area contributed by atoms with E-state index < -0.39 is 18.0 Å². The molecule has 0 saturated carbocycles. The normalized spacial score (nSPS) is 11.6. The summed E-state index contributed by atoms with van der Waals surface area (Å²) in [6.07, 6.45) is -5.06. The third-order valence-corrected chi connectivity index (χ3v) is 0.636. The number of halogens is 3. The molecule has 0 bridgehead atoms. The molecule has 8 heteroatoms. The number of hydrogen-bond donors (Lipinski definition) is 2. The Morgan fingerprint density at radius 3 is 2.25 bits per heavy atom. The van der Waals surface area contributed by atoms with Crippen LogP contribution in [0.15, 0.2) is 5.10 Å². The van der Waals surface area contributed by atoms with Gasteiger partial charge in [-0.3, -0.25) is 4.79 Å². The number of carbonyl (C=O) groups excluding carboxylic acids is 2. The van der Waals surface area contributed by atoms with Crippen LogP contribution in [0.1, 0.15) is 0 Å². The van der Waals surface area contributed by atoms with Gasteiger partial charge in [-0.05, 0) is 0 Å². The van der Waals surface area contributed by atoms with Crippen molar-refractivity contribution < 1.29 is 22.8 Å². The van der Waals surface area contributed by atoms with Crippen LogP contribution < -0.4 is 11.2 Å². The van der Waals surface area contributed by atoms with Crippen LogP contribution in [-0.4, -0.2) is 24.2 Å². The molecule has 0 aliphatic rings. The fourth-order valence-electron chi connectivity index (χ4n) is 0.228. The van der Waals surface area contributed by atoms with Crippen LogP contribution in [0.3, 0.4) is 0 Å². The van der Waals surface area contributed by atoms with Gasteiger partial charge in [0, 0.05) is 0 Å². The van der Waals surface area contributed by atoms with E-state index in [1.165, 1.54) is 5.43 Å². The molecule has 0 unspecified atom stereocenters. The number of urea groups is 1. The van der Waals surface area contributed by atoms with Crippen LogP contribution in [0.4, 0.5) is 18.0 Å². The van der Waals surface area contributed by atoms with Crippen molar-refractivity contribution in [3.63, 3.8) is 0 Å². The van der Waals surface area contributed by atoms with Crippen molar-refractivity contribution in [3.8, 4) is 0 Å². The number of nitrogens with zero attached hydrogens (tertiary/aromatic N) is 1. The van der Waals surface area contributed by atoms with Crippen LogP contribution in [-0.2, 0) is 4.79 Å². The van der Waals surface area contributed by atoms with Crippen molar-refractivity contribution in [1.29, 1.82) is 0 Å². The van der Waals surface area contributed by atoms with Crippen LogP contribution >= 0.6 is 0 Å². The minimum atomic E-state index is -4.98. The molecule has 0 aliphatic heterocycles. The van der Waals surface area contributed by atoms with E-state index in [2.05, 4.69) is 10.8 Å². The van der Waals surface area contributed by atoms with Gasteiger partial charge in [-0.1, -0.05) is 0 Å². The number of rotatable bonds is 2. The van der Waals surface area contributed by atoms with Gasteiger partial charge in [0.25, 0.3) is 5.78 Å². The van der Waals surface area contributed by atoms with Crippen molar-refractivity contribution in [1.82, 2.24) is 5.43 Å². The highest BCUT2D eigenvalue weighted by atomic mass is 19.4. The Morgan fingerprint density at radius 1 is 1.42 bits per heavy atom. The third kappa shape index (κ3) is 4.25. The number of ketones is 1. The molecule has 0 rings (SSSR count). The Kier molecular flexibility index (Phi) is 3.20. The number of nitrogens with one attached hydrogen (secondary N) is 1. The zero-order valence-corrected chi connectivity index (χ0v) is 5.55. The van der Waals surface area contributed by atoms with Gasteiger partial charge in [0.1, 0.15) is 6.21 Å². The lowest BCUT2D eigenvalue weighted by molar-refractivity contribution is -0.162. The molecule has 3 N–H and O–H groups in total. The summed E-state index contributed by atoms with van der Waals surface area (Å²) in [5.41, 5.74) is 5.87. The van der Waals surface area contributed by atoms with Gasteiger partial charge >= 0.3 is 12.2 Å². The van der Waals surface area contributed by atoms with Crippen LogP contribution in [0.2, 0.25) is 0 Å². The highest BCUT2D eigenvalue weighted by Gasteiger charge is 2.36. The molecular formula is C4H4F3N3O2. The van der Waals surface area contributed by atoms with Crippen LogP contribution in [0.25, 0.3) is 0 Å². The zero-order chi connectivity index (χ0) is 9.78. The summed E-state index contributed by atoms with van der Waals surface area (Å²) in [5, 5.41) is 2.62. The van der Waals surface area contributed by atoms with Gasteiger partial charge in [0.2, 0.25) is 0 Å². The fraction of sp³-hybridized carbons (Fsp3) is 0.250. The van der Waals surface area contributed by atoms with E-state index in [4.69, 9.17) is 0 Å². The Morgan fingerprint density at radius 2 is 1.92 bits per heavy atom. The first kappa shape index (κ1) is 10.4. The molecule has 0 aromatic rings. The predicted octanol–water partition coefficient (Wildman–Crippen LogP) is -0.228. The molecule has 0 radical (unpaired) electrons. The largest absolute Gasteiger partial charge is 0.455 e. The van der Waals surface area contributed by atoms with Gasteiger partial charge < -0.3 is 5.73 Å². The number of hydrogen-bond acceptors (Lipinski definition) is 3. The van der Waals surface area contributed by atoms with Gasteiger partial charge in [-0.15, -0.1) is 0 Å². The number of amides is 2. The van der Waals surface area contributed by atoms with Crippen LogP contribution in [0.5, 0.6) is 0 Å². The van der Waals surface area contributed by atoms with E-state index in [1.807, 2.05) is 0 Å². The average molecular weight is 183 g/mol. The molecular weight excluding hydrogens is 179 g/mol. The highest BCUT2D eigenvalue weighted by Crippen LogP contribution is 2.14. The number of primary amides is 1. The number of nitrogens with two attached hydrogens (primary N) is 1. The smallest absolute Gasteiger partial charge is 0.350 e. The van der Waals surface area contributed by atoms with E-state index >= 15 is 0 Å². The zero-order valence-electron chi connectivity index (χ0n) is 5.55. The molecule has 0 aliphatic carbocycles. The van der Waals surface area contributed by atoms with Gasteiger partial charge in [-0.2, -0.15) is 18.3 Å². The molecule has 0 aromatic carbocycles. The summed E-state index contributed by atoms with van der Waals surface area (Å²) in [6, 6.07) is -1.15. The molecule has 0 saturated heterocycles. The second kappa shape index (κ2) is 3.69. The summed E-state index contributed by atoms with van der Waals surface area (Å²) in [7, 11) is 0. The molecule has 0 aromatic heterocycles. The lowest BCUT2D eigenvalue weighted by Gasteiger charge is -1.98. The second-order valence-corrected chi connectivity index (χ2v) is 1.60. The number of carbonyl (C=O) groups is 2. The van der Waals surface area contributed by atoms with E-state index in [-0.39, 0.29) is 6.21 Å². The average Bonchev–Trinajstić information content (AvgIpc) is 1.84. The maximum Gasteiger partial charge on any atom is 0.455 e. The molecule has 2 amide bonds. The van der Waals surface area contributed by atoms with Gasteiger partial charge in [-0.25, -0.2) is 10.2 Å². The Hall–Kier alpha value is -1.60. The van der Waals surface area contributed by atoms with Crippen molar-refractivity contribution in [2.24, 2.45) is 10.8 Å². The summed E-state index contributed by atoms with van der Waals surface area (Å²) in [6.45, 7) is 0. The Bertz CT molecular complexity index is 222. The third-order valence-electron chi connectivity index (χ3n) is 0.636. The van der Waals surface area contributed by atoms with E-state index in [0.29, 0.717) is 0 Å². The van der Waals surface area contributed by atoms with Crippen molar-refractivity contribution in [3.05, 3.63) is 0 Å². The van der Waals surface area contributed by atoms with Crippen molar-refractivity contribution >= 4 is 18.0 Å². The maximum atomic E-state index is 11.4. The first-order valence-electron chi connectivity index (χ1n) is 2.53. The Labute approximate surface area is 64.4 Å². The van der Waals surface area contributed by atoms with E-state index in [1.54, 1.807) is 0 Å². The molecule has 68 valence electrons. The molecule has 5 nitrogen and oxygen atoms in total. The van der Waals surface area contributed by atoms with Crippen LogP contribution in [0, 0.1) is 0 Å². The minimum absolute atomic E-state index is 0.0786. The van der Waals surface area contributed by atoms with E-state index in [0.717, 1.165) is 0 Å². The lowest BCUT2D eigenvalue weighted by Crippen LogP contribution is -2.28. The summed E-state index contributed by atoms with van der Waals surface area (Å²) in [5.74, 6) is -2.17. The summed E-state index contributed by atoms with van der Waals surface area (Å²) >= 11 is 0. The highest BCUT2D eigenvalue weighted by molar-refractivity contribution is 6.30. The topological polar surface area (TPSA) is 84.6 Å². The molecule has 12 heavy (non-hydrogen) atoms. The molecule has 0 fully saturated rings. The first-order chi connectivity index (χ1) is 5.34. The molecule has 0 spiro atoms. The number of alkyl halides is 3. The second-order valence-electron chi connectivity index (χ2n) is 1.60. The summed E-state index contributed by atoms with van der Waals surface area (Å²) in [4.78, 5) is 19.8. The number of hydrazone groups is 1. The number of Topliss-reactive ketones (excluding diaryl/α,β-unsaturated/α-hetero) is 1. The van der Waals surface area contributed by atoms with Gasteiger partial charge in [0.05, 0.1) is 0 Å². The molecule has 0 atom stereocenters. The van der Waals surface area contributed by atoms with Gasteiger partial charge in [0.15, 0.2) is 0 Å². The lowest BCUT2D eigenvalue weighted by atomic mass is 10.4. The minimum Gasteiger partial charge on any atom is -0.350 e. The standard InChI is InChI=1S/C4H4F3N3O2/c5-4(6,7)2(11)1-9-10-3(8)12/h1H,(H3,8,10,12)/b9-1-. The maximum absolute atomic E-state index is 11.4. The first-order valence-corrected chi connectivity index (χ1v) is 2.53. The SMILES string of the molecule is NC(=O)N/N=C\C(=O)C(F)(F)F. The van der Waals surface area contributed by atoms with E-state index in [9.17, 15) is 22.8 Å².